The van der Waals surface area contributed by atoms with Gasteiger partial charge in [0, 0.05) is 19.5 Å². The molecule has 2 heterocycles. The number of likely N-dealkylation sites (tertiary alicyclic amines) is 1. The van der Waals surface area contributed by atoms with Crippen LogP contribution < -0.4 is 14.8 Å². The first kappa shape index (κ1) is 19.7. The van der Waals surface area contributed by atoms with Crippen LogP contribution in [-0.2, 0) is 22.7 Å². The summed E-state index contributed by atoms with van der Waals surface area (Å²) in [5, 5.41) is 2.73. The van der Waals surface area contributed by atoms with Gasteiger partial charge in [-0.2, -0.15) is 8.78 Å². The number of amides is 2. The lowest BCUT2D eigenvalue weighted by Crippen LogP contribution is -2.32. The average Bonchev–Trinajstić information content (AvgIpc) is 3.30. The fourth-order valence-corrected chi connectivity index (χ4v) is 3.04. The van der Waals surface area contributed by atoms with Crippen molar-refractivity contribution >= 4 is 11.8 Å². The minimum atomic E-state index is -2.98. The number of halogens is 2. The molecule has 7 nitrogen and oxygen atoms in total. The molecule has 1 fully saturated rings. The third-order valence-corrected chi connectivity index (χ3v) is 4.42. The maximum atomic E-state index is 12.5. The average molecular weight is 394 g/mol. The second-order valence-corrected chi connectivity index (χ2v) is 6.34. The molecule has 0 bridgehead atoms. The van der Waals surface area contributed by atoms with Gasteiger partial charge in [-0.1, -0.05) is 6.07 Å². The van der Waals surface area contributed by atoms with Crippen LogP contribution in [0.3, 0.4) is 0 Å². The number of benzene rings is 1. The van der Waals surface area contributed by atoms with E-state index in [1.54, 1.807) is 23.1 Å². The topological polar surface area (TPSA) is 81.0 Å². The highest BCUT2D eigenvalue weighted by Gasteiger charge is 2.34. The number of methoxy groups -OCH3 is 1. The van der Waals surface area contributed by atoms with Crippen molar-refractivity contribution in [3.05, 3.63) is 47.9 Å². The third-order valence-electron chi connectivity index (χ3n) is 4.42. The van der Waals surface area contributed by atoms with E-state index in [2.05, 4.69) is 10.1 Å². The highest BCUT2D eigenvalue weighted by Crippen LogP contribution is 2.29. The minimum Gasteiger partial charge on any atom is -0.493 e. The lowest BCUT2D eigenvalue weighted by Gasteiger charge is -2.15. The summed E-state index contributed by atoms with van der Waals surface area (Å²) in [6, 6.07) is 8.02. The van der Waals surface area contributed by atoms with E-state index in [-0.39, 0.29) is 36.3 Å². The van der Waals surface area contributed by atoms with Gasteiger partial charge in [0.15, 0.2) is 11.5 Å². The molecular weight excluding hydrogens is 374 g/mol. The van der Waals surface area contributed by atoms with Crippen molar-refractivity contribution in [2.75, 3.05) is 13.7 Å². The smallest absolute Gasteiger partial charge is 0.387 e. The molecule has 1 N–H and O–H groups in total. The molecule has 1 aliphatic rings. The van der Waals surface area contributed by atoms with Crippen molar-refractivity contribution in [3.63, 3.8) is 0 Å². The first-order valence-electron chi connectivity index (χ1n) is 8.66. The molecule has 1 aromatic carbocycles. The van der Waals surface area contributed by atoms with Gasteiger partial charge < -0.3 is 24.1 Å². The molecule has 2 amide bonds. The number of carbonyl (C=O) groups is 2. The zero-order chi connectivity index (χ0) is 20.1. The molecule has 3 rings (SSSR count). The van der Waals surface area contributed by atoms with Crippen LogP contribution in [0.1, 0.15) is 17.7 Å². The Hall–Kier alpha value is -3.10. The molecule has 2 aromatic rings. The van der Waals surface area contributed by atoms with Crippen molar-refractivity contribution in [2.45, 2.75) is 26.1 Å². The molecule has 0 spiro atoms. The van der Waals surface area contributed by atoms with Gasteiger partial charge in [-0.05, 0) is 29.8 Å². The van der Waals surface area contributed by atoms with E-state index in [4.69, 9.17) is 9.15 Å². The molecular formula is C19H20F2N2O5. The largest absolute Gasteiger partial charge is 0.493 e. The highest BCUT2D eigenvalue weighted by atomic mass is 19.3. The van der Waals surface area contributed by atoms with E-state index in [1.165, 1.54) is 25.5 Å². The molecule has 0 radical (unpaired) electrons. The van der Waals surface area contributed by atoms with Gasteiger partial charge in [-0.25, -0.2) is 0 Å². The van der Waals surface area contributed by atoms with Crippen molar-refractivity contribution < 1.29 is 32.3 Å². The number of ether oxygens (including phenoxy) is 2. The first-order valence-corrected chi connectivity index (χ1v) is 8.66. The first-order chi connectivity index (χ1) is 13.5. The zero-order valence-corrected chi connectivity index (χ0v) is 15.2. The number of alkyl halides is 2. The molecule has 1 aromatic heterocycles. The molecule has 1 aliphatic heterocycles. The summed E-state index contributed by atoms with van der Waals surface area (Å²) >= 11 is 0. The van der Waals surface area contributed by atoms with E-state index >= 15 is 0 Å². The molecule has 1 saturated heterocycles. The fraction of sp³-hybridized carbons (Fsp3) is 0.368. The zero-order valence-electron chi connectivity index (χ0n) is 15.2. The number of nitrogens with one attached hydrogen (secondary N) is 1. The normalized spacial score (nSPS) is 16.5. The Bertz CT molecular complexity index is 826. The Morgan fingerprint density at radius 1 is 1.36 bits per heavy atom. The van der Waals surface area contributed by atoms with Gasteiger partial charge in [-0.15, -0.1) is 0 Å². The molecule has 0 aliphatic carbocycles. The van der Waals surface area contributed by atoms with Crippen LogP contribution in [-0.4, -0.2) is 37.0 Å². The van der Waals surface area contributed by atoms with Gasteiger partial charge in [0.2, 0.25) is 11.8 Å². The maximum Gasteiger partial charge on any atom is 0.387 e. The summed E-state index contributed by atoms with van der Waals surface area (Å²) < 4.78 is 39.7. The Morgan fingerprint density at radius 3 is 2.86 bits per heavy atom. The predicted octanol–water partition coefficient (Wildman–Crippen LogP) is 2.55. The van der Waals surface area contributed by atoms with Crippen LogP contribution in [0, 0.1) is 5.92 Å². The number of hydrogen-bond acceptors (Lipinski definition) is 5. The molecule has 1 atom stereocenters. The Morgan fingerprint density at radius 2 is 2.18 bits per heavy atom. The Labute approximate surface area is 160 Å². The minimum absolute atomic E-state index is 0.107. The monoisotopic (exact) mass is 394 g/mol. The van der Waals surface area contributed by atoms with Crippen LogP contribution in [0.2, 0.25) is 0 Å². The summed E-state index contributed by atoms with van der Waals surface area (Å²) in [5.41, 5.74) is 0.571. The van der Waals surface area contributed by atoms with Crippen LogP contribution in [0.25, 0.3) is 0 Å². The van der Waals surface area contributed by atoms with E-state index < -0.39 is 12.5 Å². The van der Waals surface area contributed by atoms with Gasteiger partial charge in [0.25, 0.3) is 0 Å². The number of furan rings is 1. The molecule has 9 heteroatoms. The summed E-state index contributed by atoms with van der Waals surface area (Å²) in [6.45, 7) is -2.25. The van der Waals surface area contributed by atoms with E-state index in [9.17, 15) is 18.4 Å². The Kier molecular flexibility index (Phi) is 6.13. The van der Waals surface area contributed by atoms with Gasteiger partial charge in [-0.3, -0.25) is 9.59 Å². The molecule has 150 valence electrons. The van der Waals surface area contributed by atoms with Crippen LogP contribution >= 0.6 is 0 Å². The second-order valence-electron chi connectivity index (χ2n) is 6.34. The highest BCUT2D eigenvalue weighted by molar-refractivity contribution is 5.89. The summed E-state index contributed by atoms with van der Waals surface area (Å²) in [6.07, 6.45) is 1.65. The lowest BCUT2D eigenvalue weighted by molar-refractivity contribution is -0.129. The summed E-state index contributed by atoms with van der Waals surface area (Å²) in [4.78, 5) is 26.1. The molecule has 0 saturated carbocycles. The van der Waals surface area contributed by atoms with Crippen LogP contribution in [0.15, 0.2) is 41.0 Å². The van der Waals surface area contributed by atoms with Crippen molar-refractivity contribution in [2.24, 2.45) is 5.92 Å². The molecule has 1 unspecified atom stereocenters. The maximum absolute atomic E-state index is 12.5. The number of rotatable bonds is 8. The van der Waals surface area contributed by atoms with Gasteiger partial charge in [0.1, 0.15) is 5.76 Å². The predicted molar refractivity (Wildman–Crippen MR) is 93.7 cm³/mol. The van der Waals surface area contributed by atoms with E-state index in [0.29, 0.717) is 24.4 Å². The van der Waals surface area contributed by atoms with Gasteiger partial charge in [0.05, 0.1) is 25.8 Å². The second kappa shape index (κ2) is 8.73. The fourth-order valence-electron chi connectivity index (χ4n) is 3.04. The SMILES string of the molecule is COc1ccc(CNC(=O)C2CC(=O)N(Cc3ccco3)C2)cc1OC(F)F. The van der Waals surface area contributed by atoms with Crippen molar-refractivity contribution in [1.29, 1.82) is 0 Å². The van der Waals surface area contributed by atoms with Crippen molar-refractivity contribution in [3.8, 4) is 11.5 Å². The van der Waals surface area contributed by atoms with E-state index in [1.807, 2.05) is 0 Å². The Balaban J connectivity index is 1.56. The standard InChI is InChI=1S/C19H20F2N2O5/c1-26-15-5-4-12(7-16(15)28-19(20)21)9-22-18(25)13-8-17(24)23(10-13)11-14-3-2-6-27-14/h2-7,13,19H,8-11H2,1H3,(H,22,25). The number of nitrogens with zero attached hydrogens (tertiary/aromatic N) is 1. The third kappa shape index (κ3) is 4.79. The lowest BCUT2D eigenvalue weighted by atomic mass is 10.1. The number of hydrogen-bond donors (Lipinski definition) is 1. The summed E-state index contributed by atoms with van der Waals surface area (Å²) in [7, 11) is 1.35. The van der Waals surface area contributed by atoms with Crippen LogP contribution in [0.5, 0.6) is 11.5 Å². The molecule has 28 heavy (non-hydrogen) atoms. The van der Waals surface area contributed by atoms with E-state index in [0.717, 1.165) is 0 Å². The van der Waals surface area contributed by atoms with Crippen molar-refractivity contribution in [1.82, 2.24) is 10.2 Å². The van der Waals surface area contributed by atoms with Gasteiger partial charge >= 0.3 is 6.61 Å². The quantitative estimate of drug-likeness (QED) is 0.744. The summed E-state index contributed by atoms with van der Waals surface area (Å²) in [5.74, 6) is -0.150. The number of carbonyl (C=O) groups excluding carboxylic acids is 2. The van der Waals surface area contributed by atoms with Crippen LogP contribution in [0.4, 0.5) is 8.78 Å².